The molecule has 0 spiro atoms. The number of carbonyl (C=O) groups is 1. The molecule has 0 atom stereocenters. The van der Waals surface area contributed by atoms with Crippen molar-refractivity contribution in [1.82, 2.24) is 0 Å². The molecule has 0 N–H and O–H groups in total. The maximum absolute atomic E-state index is 10.1. The van der Waals surface area contributed by atoms with Crippen molar-refractivity contribution in [3.8, 4) is 0 Å². The van der Waals surface area contributed by atoms with Crippen LogP contribution in [0.1, 0.15) is 96.8 Å². The fraction of sp³-hybridized carbons (Fsp3) is 0.833. The van der Waals surface area contributed by atoms with Crippen LogP contribution in [-0.4, -0.2) is 5.97 Å². The molecule has 0 aromatic heterocycles. The number of hydrogen-bond acceptors (Lipinski definition) is 2. The summed E-state index contributed by atoms with van der Waals surface area (Å²) in [6.45, 7) is 2.26. The molecule has 118 valence electrons. The Hall–Kier alpha value is -0.193. The Morgan fingerprint density at radius 3 is 1.52 bits per heavy atom. The zero-order valence-corrected chi connectivity index (χ0v) is 14.4. The molecule has 0 aliphatic heterocycles. The minimum absolute atomic E-state index is 0. The number of carboxylic acid groups (broad SMARTS) is 1. The van der Waals surface area contributed by atoms with Crippen LogP contribution in [0.5, 0.6) is 0 Å². The molecule has 3 heteroatoms. The quantitative estimate of drug-likeness (QED) is 0.262. The second-order valence-electron chi connectivity index (χ2n) is 5.75. The van der Waals surface area contributed by atoms with E-state index in [9.17, 15) is 9.90 Å². The van der Waals surface area contributed by atoms with Crippen LogP contribution in [0.3, 0.4) is 0 Å². The Morgan fingerprint density at radius 1 is 0.762 bits per heavy atom. The Morgan fingerprint density at radius 2 is 1.14 bits per heavy atom. The molecule has 0 amide bonds. The van der Waals surface area contributed by atoms with E-state index in [4.69, 9.17) is 0 Å². The van der Waals surface area contributed by atoms with Gasteiger partial charge in [-0.25, -0.2) is 0 Å². The Bertz CT molecular complexity index is 239. The van der Waals surface area contributed by atoms with Gasteiger partial charge in [-0.1, -0.05) is 90.0 Å². The summed E-state index contributed by atoms with van der Waals surface area (Å²) in [5, 5.41) is 10.1. The van der Waals surface area contributed by atoms with Crippen molar-refractivity contribution in [3.63, 3.8) is 0 Å². The minimum atomic E-state index is -1.08. The van der Waals surface area contributed by atoms with E-state index in [2.05, 4.69) is 6.92 Å². The summed E-state index contributed by atoms with van der Waals surface area (Å²) in [4.78, 5) is 10.1. The van der Waals surface area contributed by atoms with E-state index in [-0.39, 0.29) is 18.9 Å². The van der Waals surface area contributed by atoms with Gasteiger partial charge < -0.3 is 9.90 Å². The SMILES string of the molecule is CCCCCCCCCCCCCCCC=CC(=O)[O-].[Li+]. The number of rotatable bonds is 15. The van der Waals surface area contributed by atoms with E-state index in [1.807, 2.05) is 0 Å². The normalized spacial score (nSPS) is 10.7. The van der Waals surface area contributed by atoms with Crippen LogP contribution < -0.4 is 24.0 Å². The molecular formula is C18H33LiO2. The van der Waals surface area contributed by atoms with Crippen LogP contribution in [-0.2, 0) is 4.79 Å². The third-order valence-corrected chi connectivity index (χ3v) is 3.73. The van der Waals surface area contributed by atoms with Crippen molar-refractivity contribution in [3.05, 3.63) is 12.2 Å². The number of carboxylic acids is 1. The van der Waals surface area contributed by atoms with Crippen molar-refractivity contribution >= 4 is 5.97 Å². The van der Waals surface area contributed by atoms with Crippen molar-refractivity contribution in [2.45, 2.75) is 96.8 Å². The summed E-state index contributed by atoms with van der Waals surface area (Å²) in [6.07, 6.45) is 21.2. The minimum Gasteiger partial charge on any atom is -0.545 e. The zero-order valence-electron chi connectivity index (χ0n) is 14.4. The first-order chi connectivity index (χ1) is 9.77. The third kappa shape index (κ3) is 22.2. The van der Waals surface area contributed by atoms with Crippen LogP contribution in [0.2, 0.25) is 0 Å². The van der Waals surface area contributed by atoms with Gasteiger partial charge in [-0.15, -0.1) is 0 Å². The molecule has 2 nitrogen and oxygen atoms in total. The summed E-state index contributed by atoms with van der Waals surface area (Å²) in [5.74, 6) is -1.08. The van der Waals surface area contributed by atoms with Crippen molar-refractivity contribution in [1.29, 1.82) is 0 Å². The van der Waals surface area contributed by atoms with E-state index < -0.39 is 5.97 Å². The molecule has 0 aliphatic carbocycles. The molecule has 0 aliphatic rings. The maximum atomic E-state index is 10.1. The summed E-state index contributed by atoms with van der Waals surface area (Å²) in [5.41, 5.74) is 0. The van der Waals surface area contributed by atoms with E-state index >= 15 is 0 Å². The molecule has 0 fully saturated rings. The summed E-state index contributed by atoms with van der Waals surface area (Å²) in [6, 6.07) is 0. The maximum Gasteiger partial charge on any atom is 1.00 e. The number of allylic oxidation sites excluding steroid dienone is 1. The fourth-order valence-electron chi connectivity index (χ4n) is 2.46. The summed E-state index contributed by atoms with van der Waals surface area (Å²) < 4.78 is 0. The van der Waals surface area contributed by atoms with E-state index in [0.29, 0.717) is 0 Å². The van der Waals surface area contributed by atoms with E-state index in [0.717, 1.165) is 18.9 Å². The number of carbonyl (C=O) groups excluding carboxylic acids is 1. The van der Waals surface area contributed by atoms with Crippen molar-refractivity contribution in [2.75, 3.05) is 0 Å². The standard InChI is InChI=1S/C18H34O2.Li/c1-2-3-4-5-6-7-8-9-10-11-12-13-14-15-16-17-18(19)20;/h16-17H,2-15H2,1H3,(H,19,20);/q;+1/p-1. The number of hydrogen-bond donors (Lipinski definition) is 0. The van der Waals surface area contributed by atoms with Crippen LogP contribution in [0.4, 0.5) is 0 Å². The van der Waals surface area contributed by atoms with E-state index in [1.54, 1.807) is 6.08 Å². The van der Waals surface area contributed by atoms with Gasteiger partial charge in [-0.05, 0) is 18.9 Å². The van der Waals surface area contributed by atoms with Gasteiger partial charge >= 0.3 is 18.9 Å². The molecule has 0 aromatic carbocycles. The Balaban J connectivity index is 0. The predicted molar refractivity (Wildman–Crippen MR) is 84.5 cm³/mol. The molecule has 0 aromatic rings. The second kappa shape index (κ2) is 19.8. The van der Waals surface area contributed by atoms with Crippen LogP contribution in [0.15, 0.2) is 12.2 Å². The molecule has 0 rings (SSSR count). The molecule has 0 radical (unpaired) electrons. The second-order valence-corrected chi connectivity index (χ2v) is 5.75. The molecule has 21 heavy (non-hydrogen) atoms. The summed E-state index contributed by atoms with van der Waals surface area (Å²) in [7, 11) is 0. The predicted octanol–water partition coefficient (Wildman–Crippen LogP) is 1.78. The van der Waals surface area contributed by atoms with Gasteiger partial charge in [-0.2, -0.15) is 0 Å². The monoisotopic (exact) mass is 288 g/mol. The van der Waals surface area contributed by atoms with Gasteiger partial charge in [0.25, 0.3) is 0 Å². The van der Waals surface area contributed by atoms with Crippen molar-refractivity contribution in [2.24, 2.45) is 0 Å². The summed E-state index contributed by atoms with van der Waals surface area (Å²) >= 11 is 0. The molecule has 0 saturated heterocycles. The molecule has 0 saturated carbocycles. The largest absolute Gasteiger partial charge is 1.00 e. The van der Waals surface area contributed by atoms with Crippen LogP contribution >= 0.6 is 0 Å². The zero-order chi connectivity index (χ0) is 14.9. The molecule has 0 unspecified atom stereocenters. The third-order valence-electron chi connectivity index (χ3n) is 3.73. The van der Waals surface area contributed by atoms with Gasteiger partial charge in [0.2, 0.25) is 0 Å². The topological polar surface area (TPSA) is 40.1 Å². The first-order valence-electron chi connectivity index (χ1n) is 8.65. The van der Waals surface area contributed by atoms with Gasteiger partial charge in [0.15, 0.2) is 0 Å². The number of aliphatic carboxylic acids is 1. The van der Waals surface area contributed by atoms with Gasteiger partial charge in [-0.3, -0.25) is 0 Å². The van der Waals surface area contributed by atoms with E-state index in [1.165, 1.54) is 77.0 Å². The van der Waals surface area contributed by atoms with Crippen molar-refractivity contribution < 1.29 is 28.8 Å². The average molecular weight is 288 g/mol. The molecule has 0 heterocycles. The van der Waals surface area contributed by atoms with Crippen LogP contribution in [0.25, 0.3) is 0 Å². The van der Waals surface area contributed by atoms with Gasteiger partial charge in [0.05, 0.1) is 5.97 Å². The van der Waals surface area contributed by atoms with Gasteiger partial charge in [0, 0.05) is 0 Å². The Labute approximate surface area is 144 Å². The molecular weight excluding hydrogens is 255 g/mol. The number of unbranched alkanes of at least 4 members (excludes halogenated alkanes) is 13. The fourth-order valence-corrected chi connectivity index (χ4v) is 2.46. The average Bonchev–Trinajstić information content (AvgIpc) is 2.43. The smallest absolute Gasteiger partial charge is 0.545 e. The Kier molecular flexibility index (Phi) is 21.8. The van der Waals surface area contributed by atoms with Crippen LogP contribution in [0, 0.1) is 0 Å². The first-order valence-corrected chi connectivity index (χ1v) is 8.65. The van der Waals surface area contributed by atoms with Gasteiger partial charge in [0.1, 0.15) is 0 Å². The first kappa shape index (κ1) is 23.1. The molecule has 0 bridgehead atoms.